The van der Waals surface area contributed by atoms with Crippen molar-refractivity contribution in [2.45, 2.75) is 26.2 Å². The summed E-state index contributed by atoms with van der Waals surface area (Å²) in [5, 5.41) is 0. The Morgan fingerprint density at radius 3 is 2.88 bits per heavy atom. The van der Waals surface area contributed by atoms with E-state index in [1.807, 2.05) is 25.1 Å². The first kappa shape index (κ1) is 10.9. The zero-order valence-corrected chi connectivity index (χ0v) is 9.40. The van der Waals surface area contributed by atoms with Crippen LogP contribution < -0.4 is 4.90 Å². The van der Waals surface area contributed by atoms with E-state index in [2.05, 4.69) is 0 Å². The second kappa shape index (κ2) is 4.47. The number of nitrogens with zero attached hydrogens (tertiary/aromatic N) is 1. The molecule has 1 aromatic rings. The van der Waals surface area contributed by atoms with Gasteiger partial charge in [-0.2, -0.15) is 0 Å². The van der Waals surface area contributed by atoms with Gasteiger partial charge in [-0.05, 0) is 31.4 Å². The first-order valence-corrected chi connectivity index (χ1v) is 5.64. The summed E-state index contributed by atoms with van der Waals surface area (Å²) < 4.78 is 0. The minimum Gasteiger partial charge on any atom is -0.312 e. The van der Waals surface area contributed by atoms with E-state index < -0.39 is 0 Å². The number of hydrogen-bond donors (Lipinski definition) is 0. The zero-order chi connectivity index (χ0) is 11.5. The summed E-state index contributed by atoms with van der Waals surface area (Å²) in [7, 11) is 0. The highest BCUT2D eigenvalue weighted by molar-refractivity contribution is 5.95. The highest BCUT2D eigenvalue weighted by atomic mass is 16.2. The van der Waals surface area contributed by atoms with Crippen LogP contribution in [0.1, 0.15) is 35.7 Å². The van der Waals surface area contributed by atoms with Gasteiger partial charge in [-0.15, -0.1) is 0 Å². The van der Waals surface area contributed by atoms with Gasteiger partial charge in [0.05, 0.1) is 0 Å². The van der Waals surface area contributed by atoms with Crippen molar-refractivity contribution in [2.75, 3.05) is 11.4 Å². The number of anilines is 1. The number of amides is 1. The Kier molecular flexibility index (Phi) is 3.04. The second-order valence-corrected chi connectivity index (χ2v) is 4.00. The van der Waals surface area contributed by atoms with Gasteiger partial charge < -0.3 is 4.90 Å². The fraction of sp³-hybridized carbons (Fsp3) is 0.385. The number of rotatable bonds is 2. The van der Waals surface area contributed by atoms with Crippen LogP contribution in [0.4, 0.5) is 5.69 Å². The van der Waals surface area contributed by atoms with Gasteiger partial charge in [0.15, 0.2) is 0 Å². The van der Waals surface area contributed by atoms with Crippen LogP contribution in [-0.4, -0.2) is 18.7 Å². The lowest BCUT2D eigenvalue weighted by Gasteiger charge is -2.21. The van der Waals surface area contributed by atoms with Crippen molar-refractivity contribution in [1.29, 1.82) is 0 Å². The van der Waals surface area contributed by atoms with E-state index in [4.69, 9.17) is 0 Å². The van der Waals surface area contributed by atoms with Crippen molar-refractivity contribution in [1.82, 2.24) is 0 Å². The van der Waals surface area contributed by atoms with Gasteiger partial charge in [0.25, 0.3) is 0 Å². The Morgan fingerprint density at radius 2 is 2.19 bits per heavy atom. The average Bonchev–Trinajstić information content (AvgIpc) is 2.46. The Bertz CT molecular complexity index is 426. The summed E-state index contributed by atoms with van der Waals surface area (Å²) in [6, 6.07) is 5.59. The first-order valence-electron chi connectivity index (χ1n) is 5.64. The van der Waals surface area contributed by atoms with Crippen LogP contribution in [0.3, 0.4) is 0 Å². The summed E-state index contributed by atoms with van der Waals surface area (Å²) >= 11 is 0. The third kappa shape index (κ3) is 1.85. The van der Waals surface area contributed by atoms with Crippen LogP contribution in [0, 0.1) is 0 Å². The van der Waals surface area contributed by atoms with Gasteiger partial charge in [-0.1, -0.05) is 12.1 Å². The van der Waals surface area contributed by atoms with E-state index in [9.17, 15) is 9.59 Å². The largest absolute Gasteiger partial charge is 0.312 e. The molecule has 0 bridgehead atoms. The van der Waals surface area contributed by atoms with Crippen LogP contribution in [0.25, 0.3) is 0 Å². The van der Waals surface area contributed by atoms with Crippen molar-refractivity contribution in [2.24, 2.45) is 0 Å². The molecule has 0 unspecified atom stereocenters. The highest BCUT2D eigenvalue weighted by Crippen LogP contribution is 2.27. The molecule has 0 aromatic heterocycles. The zero-order valence-electron chi connectivity index (χ0n) is 9.40. The van der Waals surface area contributed by atoms with E-state index in [0.717, 1.165) is 24.8 Å². The minimum atomic E-state index is 0.157. The summed E-state index contributed by atoms with van der Waals surface area (Å²) in [5.41, 5.74) is 2.71. The topological polar surface area (TPSA) is 37.4 Å². The molecule has 3 heteroatoms. The Labute approximate surface area is 95.1 Å². The van der Waals surface area contributed by atoms with Crippen molar-refractivity contribution in [3.05, 3.63) is 29.3 Å². The van der Waals surface area contributed by atoms with Gasteiger partial charge in [0.2, 0.25) is 5.91 Å². The predicted octanol–water partition coefficient (Wildman–Crippen LogP) is 2.19. The Balaban J connectivity index is 2.50. The Morgan fingerprint density at radius 1 is 1.38 bits per heavy atom. The lowest BCUT2D eigenvalue weighted by molar-refractivity contribution is -0.118. The molecule has 3 nitrogen and oxygen atoms in total. The quantitative estimate of drug-likeness (QED) is 0.712. The number of benzene rings is 1. The molecule has 16 heavy (non-hydrogen) atoms. The normalized spacial score (nSPS) is 15.6. The maximum atomic E-state index is 11.8. The fourth-order valence-corrected chi connectivity index (χ4v) is 2.16. The van der Waals surface area contributed by atoms with Crippen LogP contribution in [0.2, 0.25) is 0 Å². The number of fused-ring (bicyclic) bond motifs is 1. The maximum Gasteiger partial charge on any atom is 0.226 e. The number of aryl methyl sites for hydroxylation is 1. The smallest absolute Gasteiger partial charge is 0.226 e. The molecular formula is C13H15NO2. The highest BCUT2D eigenvalue weighted by Gasteiger charge is 2.20. The van der Waals surface area contributed by atoms with Gasteiger partial charge >= 0.3 is 0 Å². The van der Waals surface area contributed by atoms with Crippen molar-refractivity contribution >= 4 is 17.9 Å². The first-order chi connectivity index (χ1) is 7.76. The third-order valence-corrected chi connectivity index (χ3v) is 2.99. The van der Waals surface area contributed by atoms with Crippen LogP contribution in [-0.2, 0) is 11.2 Å². The molecule has 1 aliphatic heterocycles. The molecular weight excluding hydrogens is 202 g/mol. The molecule has 0 N–H and O–H groups in total. The van der Waals surface area contributed by atoms with E-state index in [1.54, 1.807) is 4.90 Å². The molecule has 0 aliphatic carbocycles. The lowest BCUT2D eigenvalue weighted by Crippen LogP contribution is -2.29. The predicted molar refractivity (Wildman–Crippen MR) is 62.8 cm³/mol. The molecule has 0 fully saturated rings. The fourth-order valence-electron chi connectivity index (χ4n) is 2.16. The van der Waals surface area contributed by atoms with Crippen LogP contribution in [0.15, 0.2) is 18.2 Å². The molecule has 0 saturated heterocycles. The summed E-state index contributed by atoms with van der Waals surface area (Å²) in [6.07, 6.45) is 3.22. The van der Waals surface area contributed by atoms with E-state index in [-0.39, 0.29) is 5.91 Å². The SMILES string of the molecule is CCN1C(=O)CCCc2ccc(C=O)cc21. The third-order valence-electron chi connectivity index (χ3n) is 2.99. The van der Waals surface area contributed by atoms with Gasteiger partial charge in [0, 0.05) is 24.2 Å². The maximum absolute atomic E-state index is 11.8. The van der Waals surface area contributed by atoms with Crippen molar-refractivity contribution in [3.8, 4) is 0 Å². The molecule has 1 aliphatic rings. The van der Waals surface area contributed by atoms with E-state index in [1.165, 1.54) is 5.56 Å². The molecule has 84 valence electrons. The Hall–Kier alpha value is -1.64. The average molecular weight is 217 g/mol. The van der Waals surface area contributed by atoms with E-state index >= 15 is 0 Å². The molecule has 0 atom stereocenters. The molecule has 1 heterocycles. The van der Waals surface area contributed by atoms with Crippen LogP contribution in [0.5, 0.6) is 0 Å². The summed E-state index contributed by atoms with van der Waals surface area (Å²) in [6.45, 7) is 2.62. The van der Waals surface area contributed by atoms with E-state index in [0.29, 0.717) is 18.5 Å². The summed E-state index contributed by atoms with van der Waals surface area (Å²) in [5.74, 6) is 0.157. The molecule has 1 amide bonds. The van der Waals surface area contributed by atoms with Crippen LogP contribution >= 0.6 is 0 Å². The minimum absolute atomic E-state index is 0.157. The van der Waals surface area contributed by atoms with Crippen molar-refractivity contribution < 1.29 is 9.59 Å². The molecule has 0 radical (unpaired) electrons. The molecule has 1 aromatic carbocycles. The standard InChI is InChI=1S/C13H15NO2/c1-2-14-12-8-10(9-15)6-7-11(12)4-3-5-13(14)16/h6-9H,2-5H2,1H3. The van der Waals surface area contributed by atoms with Gasteiger partial charge in [-0.3, -0.25) is 9.59 Å². The molecule has 2 rings (SSSR count). The monoisotopic (exact) mass is 217 g/mol. The number of hydrogen-bond acceptors (Lipinski definition) is 2. The second-order valence-electron chi connectivity index (χ2n) is 4.00. The number of carbonyl (C=O) groups excluding carboxylic acids is 2. The lowest BCUT2D eigenvalue weighted by atomic mass is 10.1. The molecule has 0 saturated carbocycles. The van der Waals surface area contributed by atoms with Gasteiger partial charge in [-0.25, -0.2) is 0 Å². The summed E-state index contributed by atoms with van der Waals surface area (Å²) in [4.78, 5) is 24.4. The van der Waals surface area contributed by atoms with Crippen molar-refractivity contribution in [3.63, 3.8) is 0 Å². The number of aldehydes is 1. The number of carbonyl (C=O) groups is 2. The van der Waals surface area contributed by atoms with Gasteiger partial charge in [0.1, 0.15) is 6.29 Å². The molecule has 0 spiro atoms.